The van der Waals surface area contributed by atoms with Crippen LogP contribution in [0.15, 0.2) is 54.6 Å². The van der Waals surface area contributed by atoms with Gasteiger partial charge < -0.3 is 9.57 Å². The second kappa shape index (κ2) is 4.52. The standard InChI is InChI=1S/C21H21N2O2/c1-14-8-12-17(13-9-14)25-23-20(3)21(23,4)24-18-7-5-6-16-11-10-15(2)22(20)19(16)18/h5-13H,1-4H3/q+1. The predicted octanol–water partition coefficient (Wildman–Crippen LogP) is 3.84. The minimum absolute atomic E-state index is 0.393. The molecule has 3 heterocycles. The van der Waals surface area contributed by atoms with Crippen LogP contribution in [0.1, 0.15) is 25.1 Å². The van der Waals surface area contributed by atoms with Gasteiger partial charge in [-0.3, -0.25) is 0 Å². The highest BCUT2D eigenvalue weighted by Crippen LogP contribution is 2.56. The number of aryl methyl sites for hydroxylation is 2. The number of aromatic nitrogens is 1. The molecular formula is C21H21N2O2+. The Morgan fingerprint density at radius 1 is 0.960 bits per heavy atom. The summed E-state index contributed by atoms with van der Waals surface area (Å²) in [4.78, 5) is 6.24. The lowest BCUT2D eigenvalue weighted by molar-refractivity contribution is -0.739. The third-order valence-electron chi connectivity index (χ3n) is 5.68. The highest BCUT2D eigenvalue weighted by atomic mass is 16.8. The lowest BCUT2D eigenvalue weighted by atomic mass is 10.1. The number of hydroxylamine groups is 2. The molecule has 2 aromatic carbocycles. The Kier molecular flexibility index (Phi) is 2.66. The highest BCUT2D eigenvalue weighted by molar-refractivity contribution is 5.82. The van der Waals surface area contributed by atoms with Crippen LogP contribution in [0.2, 0.25) is 0 Å². The molecule has 5 rings (SSSR count). The van der Waals surface area contributed by atoms with Crippen LogP contribution in [0.5, 0.6) is 11.5 Å². The number of benzene rings is 2. The summed E-state index contributed by atoms with van der Waals surface area (Å²) in [5.41, 5.74) is 2.59. The average molecular weight is 333 g/mol. The van der Waals surface area contributed by atoms with Crippen molar-refractivity contribution in [3.8, 4) is 11.5 Å². The van der Waals surface area contributed by atoms with E-state index in [1.807, 2.05) is 29.3 Å². The third kappa shape index (κ3) is 1.72. The van der Waals surface area contributed by atoms with Crippen LogP contribution in [0.25, 0.3) is 10.9 Å². The van der Waals surface area contributed by atoms with Crippen molar-refractivity contribution in [1.29, 1.82) is 0 Å². The second-order valence-electron chi connectivity index (χ2n) is 7.31. The Morgan fingerprint density at radius 3 is 2.48 bits per heavy atom. The van der Waals surface area contributed by atoms with E-state index < -0.39 is 11.4 Å². The van der Waals surface area contributed by atoms with Crippen molar-refractivity contribution in [2.24, 2.45) is 0 Å². The molecule has 1 aromatic heterocycles. The Hall–Kier alpha value is -2.59. The van der Waals surface area contributed by atoms with Crippen molar-refractivity contribution < 1.29 is 14.1 Å². The number of ether oxygens (including phenoxy) is 1. The molecule has 1 fully saturated rings. The molecule has 0 radical (unpaired) electrons. The smallest absolute Gasteiger partial charge is 0.313 e. The zero-order valence-electron chi connectivity index (χ0n) is 14.9. The summed E-state index contributed by atoms with van der Waals surface area (Å²) in [6.07, 6.45) is 0. The van der Waals surface area contributed by atoms with E-state index in [9.17, 15) is 0 Å². The molecule has 126 valence electrons. The Balaban J connectivity index is 1.65. The molecule has 0 amide bonds. The largest absolute Gasteiger partial charge is 0.453 e. The minimum atomic E-state index is -0.546. The molecule has 1 saturated heterocycles. The van der Waals surface area contributed by atoms with Crippen molar-refractivity contribution in [3.05, 3.63) is 65.9 Å². The van der Waals surface area contributed by atoms with E-state index in [4.69, 9.17) is 9.57 Å². The average Bonchev–Trinajstić information content (AvgIpc) is 3.07. The summed E-state index contributed by atoms with van der Waals surface area (Å²) < 4.78 is 8.75. The summed E-state index contributed by atoms with van der Waals surface area (Å²) in [6, 6.07) is 18.6. The lowest BCUT2D eigenvalue weighted by Crippen LogP contribution is -2.56. The third-order valence-corrected chi connectivity index (χ3v) is 5.68. The van der Waals surface area contributed by atoms with Crippen LogP contribution in [-0.2, 0) is 5.66 Å². The molecule has 2 aliphatic rings. The van der Waals surface area contributed by atoms with Crippen molar-refractivity contribution in [3.63, 3.8) is 0 Å². The molecule has 3 unspecified atom stereocenters. The number of rotatable bonds is 2. The van der Waals surface area contributed by atoms with E-state index in [2.05, 4.69) is 62.6 Å². The first-order valence-corrected chi connectivity index (χ1v) is 8.64. The van der Waals surface area contributed by atoms with Gasteiger partial charge in [0.2, 0.25) is 0 Å². The summed E-state index contributed by atoms with van der Waals surface area (Å²) in [7, 11) is 0. The topological polar surface area (TPSA) is 25.3 Å². The first-order valence-electron chi connectivity index (χ1n) is 8.64. The normalized spacial score (nSPS) is 29.0. The van der Waals surface area contributed by atoms with E-state index in [1.54, 1.807) is 0 Å². The van der Waals surface area contributed by atoms with Crippen molar-refractivity contribution in [2.45, 2.75) is 39.1 Å². The van der Waals surface area contributed by atoms with Crippen molar-refractivity contribution in [2.75, 3.05) is 0 Å². The monoisotopic (exact) mass is 333 g/mol. The van der Waals surface area contributed by atoms with Crippen LogP contribution < -0.4 is 14.1 Å². The van der Waals surface area contributed by atoms with E-state index in [0.29, 0.717) is 0 Å². The Morgan fingerprint density at radius 2 is 1.72 bits per heavy atom. The maximum atomic E-state index is 6.41. The molecule has 0 bridgehead atoms. The summed E-state index contributed by atoms with van der Waals surface area (Å²) in [6.45, 7) is 8.46. The van der Waals surface area contributed by atoms with Crippen molar-refractivity contribution >= 4 is 10.9 Å². The van der Waals surface area contributed by atoms with Crippen LogP contribution >= 0.6 is 0 Å². The van der Waals surface area contributed by atoms with Gasteiger partial charge >= 0.3 is 5.66 Å². The fraction of sp³-hybridized carbons (Fsp3) is 0.286. The molecule has 25 heavy (non-hydrogen) atoms. The van der Waals surface area contributed by atoms with Gasteiger partial charge in [-0.2, -0.15) is 4.57 Å². The van der Waals surface area contributed by atoms with E-state index >= 15 is 0 Å². The summed E-state index contributed by atoms with van der Waals surface area (Å²) >= 11 is 0. The van der Waals surface area contributed by atoms with Crippen LogP contribution in [0.4, 0.5) is 0 Å². The number of nitrogens with zero attached hydrogens (tertiary/aromatic N) is 2. The number of hydrogen-bond acceptors (Lipinski definition) is 3. The molecule has 0 spiro atoms. The molecule has 4 heteroatoms. The first-order chi connectivity index (χ1) is 11.9. The van der Waals surface area contributed by atoms with Gasteiger partial charge in [0.1, 0.15) is 5.75 Å². The minimum Gasteiger partial charge on any atom is -0.453 e. The number of pyridine rings is 1. The number of para-hydroxylation sites is 1. The molecular weight excluding hydrogens is 312 g/mol. The maximum Gasteiger partial charge on any atom is 0.313 e. The number of fused-ring (bicyclic) bond motifs is 2. The SMILES string of the molecule is Cc1ccc(ON2C3(C)Oc4cccc5ccc(C)[n+](c45)C23C)cc1. The Bertz CT molecular complexity index is 1010. The van der Waals surface area contributed by atoms with Gasteiger partial charge in [0.25, 0.3) is 11.2 Å². The molecule has 0 saturated carbocycles. The maximum absolute atomic E-state index is 6.41. The van der Waals surface area contributed by atoms with Gasteiger partial charge in [-0.15, -0.1) is 0 Å². The van der Waals surface area contributed by atoms with Crippen LogP contribution in [0, 0.1) is 13.8 Å². The van der Waals surface area contributed by atoms with E-state index in [1.165, 1.54) is 16.6 Å². The second-order valence-corrected chi connectivity index (χ2v) is 7.31. The number of hydrogen-bond donors (Lipinski definition) is 0. The molecule has 2 aliphatic heterocycles. The Labute approximate surface area is 147 Å². The predicted molar refractivity (Wildman–Crippen MR) is 95.2 cm³/mol. The zero-order valence-corrected chi connectivity index (χ0v) is 14.9. The first kappa shape index (κ1) is 14.7. The van der Waals surface area contributed by atoms with Crippen molar-refractivity contribution in [1.82, 2.24) is 5.06 Å². The quantitative estimate of drug-likeness (QED) is 0.526. The molecule has 0 N–H and O–H groups in total. The molecule has 3 aromatic rings. The fourth-order valence-electron chi connectivity index (χ4n) is 4.09. The van der Waals surface area contributed by atoms with E-state index in [0.717, 1.165) is 17.0 Å². The highest BCUT2D eigenvalue weighted by Gasteiger charge is 2.86. The molecule has 3 atom stereocenters. The lowest BCUT2D eigenvalue weighted by Gasteiger charge is -2.20. The van der Waals surface area contributed by atoms with Gasteiger partial charge in [0, 0.05) is 26.8 Å². The molecule has 4 nitrogen and oxygen atoms in total. The summed E-state index contributed by atoms with van der Waals surface area (Å²) in [5.74, 6) is 1.72. The van der Waals surface area contributed by atoms with Gasteiger partial charge in [0.15, 0.2) is 11.4 Å². The molecule has 0 aliphatic carbocycles. The van der Waals surface area contributed by atoms with Crippen LogP contribution in [-0.4, -0.2) is 10.8 Å². The van der Waals surface area contributed by atoms with Gasteiger partial charge in [-0.25, -0.2) is 0 Å². The zero-order chi connectivity index (χ0) is 17.4. The van der Waals surface area contributed by atoms with Crippen LogP contribution in [0.3, 0.4) is 0 Å². The summed E-state index contributed by atoms with van der Waals surface area (Å²) in [5, 5.41) is 3.13. The van der Waals surface area contributed by atoms with Gasteiger partial charge in [-0.1, -0.05) is 23.8 Å². The van der Waals surface area contributed by atoms with Gasteiger partial charge in [0.05, 0.1) is 5.39 Å². The van der Waals surface area contributed by atoms with E-state index in [-0.39, 0.29) is 0 Å². The van der Waals surface area contributed by atoms with Gasteiger partial charge in [-0.05, 0) is 42.3 Å². The fourth-order valence-corrected chi connectivity index (χ4v) is 4.09.